The number of hydrogen-bond acceptors (Lipinski definition) is 4. The summed E-state index contributed by atoms with van der Waals surface area (Å²) < 4.78 is 5.20. The van der Waals surface area contributed by atoms with Crippen molar-refractivity contribution in [2.75, 3.05) is 46.4 Å². The molecule has 0 bridgehead atoms. The Balaban J connectivity index is 2.85. The molecule has 0 aromatic heterocycles. The zero-order valence-corrected chi connectivity index (χ0v) is 14.4. The molecule has 0 aliphatic carbocycles. The highest BCUT2D eigenvalue weighted by molar-refractivity contribution is 5.85. The van der Waals surface area contributed by atoms with Crippen LogP contribution in [0.4, 0.5) is 0 Å². The fourth-order valence-electron chi connectivity index (χ4n) is 3.08. The van der Waals surface area contributed by atoms with Crippen LogP contribution in [0.15, 0.2) is 0 Å². The molecule has 1 rings (SSSR count). The van der Waals surface area contributed by atoms with Gasteiger partial charge >= 0.3 is 0 Å². The summed E-state index contributed by atoms with van der Waals surface area (Å²) >= 11 is 0. The van der Waals surface area contributed by atoms with Crippen LogP contribution >= 0.6 is 0 Å². The smallest absolute Gasteiger partial charge is 0.242 e. The van der Waals surface area contributed by atoms with Crippen molar-refractivity contribution in [3.05, 3.63) is 0 Å². The van der Waals surface area contributed by atoms with Crippen LogP contribution in [0.25, 0.3) is 0 Å². The van der Waals surface area contributed by atoms with Gasteiger partial charge in [0.05, 0.1) is 12.1 Å². The quantitative estimate of drug-likeness (QED) is 0.734. The Hall–Kier alpha value is -0.650. The first kappa shape index (κ1) is 18.4. The molecule has 0 atom stereocenters. The van der Waals surface area contributed by atoms with Crippen LogP contribution in [-0.2, 0) is 9.53 Å². The van der Waals surface area contributed by atoms with Crippen molar-refractivity contribution in [3.8, 4) is 0 Å². The number of amides is 1. The lowest BCUT2D eigenvalue weighted by molar-refractivity contribution is -0.146. The molecule has 0 unspecified atom stereocenters. The molecule has 1 saturated heterocycles. The molecular formula is C16H33N3O2. The van der Waals surface area contributed by atoms with Gasteiger partial charge in [-0.15, -0.1) is 0 Å². The third-order valence-electron chi connectivity index (χ3n) is 4.61. The van der Waals surface area contributed by atoms with Crippen molar-refractivity contribution in [2.24, 2.45) is 0 Å². The third kappa shape index (κ3) is 4.66. The normalized spacial score (nSPS) is 17.2. The highest BCUT2D eigenvalue weighted by atomic mass is 16.5. The molecule has 1 N–H and O–H groups in total. The molecule has 0 aromatic rings. The summed E-state index contributed by atoms with van der Waals surface area (Å²) in [5.41, 5.74) is -0.446. The highest BCUT2D eigenvalue weighted by Crippen LogP contribution is 2.21. The first-order chi connectivity index (χ1) is 9.98. The van der Waals surface area contributed by atoms with Crippen molar-refractivity contribution in [1.29, 1.82) is 0 Å². The van der Waals surface area contributed by atoms with Crippen LogP contribution in [0.2, 0.25) is 0 Å². The summed E-state index contributed by atoms with van der Waals surface area (Å²) in [4.78, 5) is 17.5. The Bertz CT molecular complexity index is 311. The van der Waals surface area contributed by atoms with Crippen LogP contribution in [0.1, 0.15) is 40.5 Å². The zero-order valence-electron chi connectivity index (χ0n) is 14.4. The summed E-state index contributed by atoms with van der Waals surface area (Å²) in [5, 5.41) is 3.35. The Morgan fingerprint density at radius 2 is 1.86 bits per heavy atom. The Kier molecular flexibility index (Phi) is 7.63. The molecule has 0 radical (unpaired) electrons. The van der Waals surface area contributed by atoms with E-state index >= 15 is 0 Å². The topological polar surface area (TPSA) is 44.8 Å². The van der Waals surface area contributed by atoms with E-state index in [4.69, 9.17) is 4.74 Å². The highest BCUT2D eigenvalue weighted by Gasteiger charge is 2.39. The van der Waals surface area contributed by atoms with Gasteiger partial charge in [0.25, 0.3) is 0 Å². The van der Waals surface area contributed by atoms with Gasteiger partial charge in [0.2, 0.25) is 5.91 Å². The number of nitrogens with zero attached hydrogens (tertiary/aromatic N) is 2. The number of carbonyl (C=O) groups excluding carboxylic acids is 1. The Morgan fingerprint density at radius 3 is 2.33 bits per heavy atom. The van der Waals surface area contributed by atoms with Crippen LogP contribution in [0.5, 0.6) is 0 Å². The lowest BCUT2D eigenvalue weighted by atomic mass is 9.97. The number of piperazine rings is 1. The first-order valence-corrected chi connectivity index (χ1v) is 8.24. The second-order valence-corrected chi connectivity index (χ2v) is 6.26. The van der Waals surface area contributed by atoms with E-state index in [0.717, 1.165) is 39.0 Å². The Labute approximate surface area is 130 Å². The van der Waals surface area contributed by atoms with E-state index in [1.54, 1.807) is 7.11 Å². The molecule has 1 fully saturated rings. The molecule has 1 aliphatic heterocycles. The van der Waals surface area contributed by atoms with E-state index < -0.39 is 5.54 Å². The number of methoxy groups -OCH3 is 1. The minimum atomic E-state index is -0.446. The molecular weight excluding hydrogens is 266 g/mol. The SMILES string of the molecule is CCC(CC)N(CCOC)C(=O)C(C)(C)N1CCNCC1. The molecule has 1 amide bonds. The van der Waals surface area contributed by atoms with E-state index in [1.807, 2.05) is 4.90 Å². The van der Waals surface area contributed by atoms with Gasteiger partial charge in [0.15, 0.2) is 0 Å². The number of carbonyl (C=O) groups is 1. The van der Waals surface area contributed by atoms with Gasteiger partial charge in [-0.3, -0.25) is 9.69 Å². The number of hydrogen-bond donors (Lipinski definition) is 1. The van der Waals surface area contributed by atoms with Crippen molar-refractivity contribution >= 4 is 5.91 Å². The van der Waals surface area contributed by atoms with Gasteiger partial charge in [-0.25, -0.2) is 0 Å². The van der Waals surface area contributed by atoms with E-state index in [2.05, 4.69) is 37.9 Å². The molecule has 5 nitrogen and oxygen atoms in total. The molecule has 0 aromatic carbocycles. The van der Waals surface area contributed by atoms with Gasteiger partial charge in [-0.05, 0) is 26.7 Å². The fourth-order valence-corrected chi connectivity index (χ4v) is 3.08. The fraction of sp³-hybridized carbons (Fsp3) is 0.938. The monoisotopic (exact) mass is 299 g/mol. The van der Waals surface area contributed by atoms with Gasteiger partial charge in [0, 0.05) is 45.9 Å². The van der Waals surface area contributed by atoms with Crippen LogP contribution in [0.3, 0.4) is 0 Å². The Morgan fingerprint density at radius 1 is 1.29 bits per heavy atom. The van der Waals surface area contributed by atoms with Gasteiger partial charge in [-0.1, -0.05) is 13.8 Å². The van der Waals surface area contributed by atoms with E-state index in [9.17, 15) is 4.79 Å². The van der Waals surface area contributed by atoms with Crippen LogP contribution in [-0.4, -0.2) is 73.7 Å². The number of nitrogens with one attached hydrogen (secondary N) is 1. The predicted octanol–water partition coefficient (Wildman–Crippen LogP) is 1.33. The number of ether oxygens (including phenoxy) is 1. The van der Waals surface area contributed by atoms with E-state index in [-0.39, 0.29) is 5.91 Å². The lowest BCUT2D eigenvalue weighted by Gasteiger charge is -2.44. The first-order valence-electron chi connectivity index (χ1n) is 8.24. The number of rotatable bonds is 8. The minimum absolute atomic E-state index is 0.232. The van der Waals surface area contributed by atoms with Crippen molar-refractivity contribution in [2.45, 2.75) is 52.1 Å². The van der Waals surface area contributed by atoms with Crippen molar-refractivity contribution in [1.82, 2.24) is 15.1 Å². The van der Waals surface area contributed by atoms with Crippen LogP contribution < -0.4 is 5.32 Å². The van der Waals surface area contributed by atoms with E-state index in [1.165, 1.54) is 0 Å². The summed E-state index contributed by atoms with van der Waals surface area (Å²) in [6, 6.07) is 0.301. The molecule has 1 aliphatic rings. The third-order valence-corrected chi connectivity index (χ3v) is 4.61. The zero-order chi connectivity index (χ0) is 15.9. The second kappa shape index (κ2) is 8.71. The lowest BCUT2D eigenvalue weighted by Crippen LogP contribution is -2.62. The van der Waals surface area contributed by atoms with Crippen molar-refractivity contribution in [3.63, 3.8) is 0 Å². The summed E-state index contributed by atoms with van der Waals surface area (Å²) in [6.45, 7) is 13.5. The van der Waals surface area contributed by atoms with Gasteiger partial charge < -0.3 is 15.0 Å². The maximum absolute atomic E-state index is 13.1. The minimum Gasteiger partial charge on any atom is -0.383 e. The molecule has 1 heterocycles. The maximum Gasteiger partial charge on any atom is 0.242 e. The van der Waals surface area contributed by atoms with E-state index in [0.29, 0.717) is 19.2 Å². The standard InChI is InChI=1S/C16H33N3O2/c1-6-14(7-2)19(12-13-21-5)15(20)16(3,4)18-10-8-17-9-11-18/h14,17H,6-13H2,1-5H3. The molecule has 0 saturated carbocycles. The maximum atomic E-state index is 13.1. The summed E-state index contributed by atoms with van der Waals surface area (Å²) in [5.74, 6) is 0.232. The molecule has 5 heteroatoms. The van der Waals surface area contributed by atoms with Gasteiger partial charge in [0.1, 0.15) is 0 Å². The molecule has 0 spiro atoms. The largest absolute Gasteiger partial charge is 0.383 e. The van der Waals surface area contributed by atoms with Crippen LogP contribution in [0, 0.1) is 0 Å². The predicted molar refractivity (Wildman–Crippen MR) is 86.5 cm³/mol. The van der Waals surface area contributed by atoms with Crippen molar-refractivity contribution < 1.29 is 9.53 Å². The second-order valence-electron chi connectivity index (χ2n) is 6.26. The molecule has 124 valence electrons. The average molecular weight is 299 g/mol. The average Bonchev–Trinajstić information content (AvgIpc) is 2.51. The molecule has 21 heavy (non-hydrogen) atoms. The summed E-state index contributed by atoms with van der Waals surface area (Å²) in [7, 11) is 1.69. The summed E-state index contributed by atoms with van der Waals surface area (Å²) in [6.07, 6.45) is 1.98. The van der Waals surface area contributed by atoms with Gasteiger partial charge in [-0.2, -0.15) is 0 Å².